The molecule has 1 aromatic rings. The van der Waals surface area contributed by atoms with Gasteiger partial charge < -0.3 is 10.2 Å². The Morgan fingerprint density at radius 1 is 1.19 bits per heavy atom. The van der Waals surface area contributed by atoms with E-state index in [-0.39, 0.29) is 6.04 Å². The summed E-state index contributed by atoms with van der Waals surface area (Å²) in [6, 6.07) is 3.67. The number of anilines is 1. The molecule has 0 amide bonds. The maximum Gasteiger partial charge on any atom is 0.405 e. The first-order chi connectivity index (χ1) is 9.58. The molecule has 3 nitrogen and oxygen atoms in total. The molecule has 0 aliphatic rings. The SMILES string of the molecule is Cc1cc(CNC(C)C)cc(N(CC(F)(F)F)C(C)C)n1. The van der Waals surface area contributed by atoms with E-state index in [4.69, 9.17) is 0 Å². The van der Waals surface area contributed by atoms with Crippen LogP contribution in [-0.4, -0.2) is 29.8 Å². The number of nitrogens with zero attached hydrogens (tertiary/aromatic N) is 2. The van der Waals surface area contributed by atoms with Crippen molar-refractivity contribution in [1.29, 1.82) is 0 Å². The van der Waals surface area contributed by atoms with Crippen molar-refractivity contribution in [3.63, 3.8) is 0 Å². The van der Waals surface area contributed by atoms with Gasteiger partial charge in [-0.2, -0.15) is 13.2 Å². The zero-order valence-corrected chi connectivity index (χ0v) is 13.3. The van der Waals surface area contributed by atoms with Crippen molar-refractivity contribution >= 4 is 5.82 Å². The molecule has 1 heterocycles. The molecule has 0 spiro atoms. The van der Waals surface area contributed by atoms with Crippen molar-refractivity contribution in [2.75, 3.05) is 11.4 Å². The maximum absolute atomic E-state index is 12.7. The van der Waals surface area contributed by atoms with Crippen LogP contribution in [0.1, 0.15) is 39.0 Å². The zero-order valence-electron chi connectivity index (χ0n) is 13.3. The molecule has 0 bridgehead atoms. The summed E-state index contributed by atoms with van der Waals surface area (Å²) in [5, 5.41) is 3.26. The van der Waals surface area contributed by atoms with Crippen LogP contribution in [0.5, 0.6) is 0 Å². The molecule has 0 unspecified atom stereocenters. The van der Waals surface area contributed by atoms with Gasteiger partial charge in [-0.15, -0.1) is 0 Å². The highest BCUT2D eigenvalue weighted by Crippen LogP contribution is 2.24. The summed E-state index contributed by atoms with van der Waals surface area (Å²) >= 11 is 0. The van der Waals surface area contributed by atoms with Gasteiger partial charge in [-0.05, 0) is 38.5 Å². The van der Waals surface area contributed by atoms with Gasteiger partial charge in [0, 0.05) is 24.3 Å². The van der Waals surface area contributed by atoms with E-state index in [1.54, 1.807) is 26.8 Å². The zero-order chi connectivity index (χ0) is 16.2. The van der Waals surface area contributed by atoms with Crippen LogP contribution in [0.15, 0.2) is 12.1 Å². The van der Waals surface area contributed by atoms with E-state index >= 15 is 0 Å². The van der Waals surface area contributed by atoms with Crippen LogP contribution in [0.25, 0.3) is 0 Å². The summed E-state index contributed by atoms with van der Waals surface area (Å²) in [5.41, 5.74) is 1.67. The number of pyridine rings is 1. The Balaban J connectivity index is 3.02. The first-order valence-electron chi connectivity index (χ1n) is 7.13. The summed E-state index contributed by atoms with van der Waals surface area (Å²) in [7, 11) is 0. The topological polar surface area (TPSA) is 28.2 Å². The Morgan fingerprint density at radius 2 is 1.81 bits per heavy atom. The minimum atomic E-state index is -4.24. The number of hydrogen-bond donors (Lipinski definition) is 1. The second-order valence-corrected chi connectivity index (χ2v) is 5.85. The van der Waals surface area contributed by atoms with Crippen LogP contribution in [-0.2, 0) is 6.54 Å². The highest BCUT2D eigenvalue weighted by atomic mass is 19.4. The Bertz CT molecular complexity index is 456. The lowest BCUT2D eigenvalue weighted by Crippen LogP contribution is -2.39. The van der Waals surface area contributed by atoms with Crippen LogP contribution < -0.4 is 10.2 Å². The van der Waals surface area contributed by atoms with Crippen molar-refractivity contribution in [2.24, 2.45) is 0 Å². The van der Waals surface area contributed by atoms with E-state index in [1.807, 2.05) is 19.9 Å². The molecule has 0 aliphatic carbocycles. The number of hydrogen-bond acceptors (Lipinski definition) is 3. The first-order valence-corrected chi connectivity index (χ1v) is 7.13. The Kier molecular flexibility index (Phi) is 6.01. The molecule has 0 aliphatic heterocycles. The fourth-order valence-electron chi connectivity index (χ4n) is 2.01. The van der Waals surface area contributed by atoms with Gasteiger partial charge in [0.2, 0.25) is 0 Å². The average molecular weight is 303 g/mol. The van der Waals surface area contributed by atoms with Crippen molar-refractivity contribution < 1.29 is 13.2 Å². The minimum absolute atomic E-state index is 0.271. The fraction of sp³-hybridized carbons (Fsp3) is 0.667. The second kappa shape index (κ2) is 7.11. The molecule has 21 heavy (non-hydrogen) atoms. The van der Waals surface area contributed by atoms with E-state index in [9.17, 15) is 13.2 Å². The molecule has 1 aromatic heterocycles. The fourth-order valence-corrected chi connectivity index (χ4v) is 2.01. The third-order valence-corrected chi connectivity index (χ3v) is 2.98. The molecule has 6 heteroatoms. The highest BCUT2D eigenvalue weighted by molar-refractivity contribution is 5.43. The second-order valence-electron chi connectivity index (χ2n) is 5.85. The van der Waals surface area contributed by atoms with Gasteiger partial charge in [-0.1, -0.05) is 13.8 Å². The van der Waals surface area contributed by atoms with Gasteiger partial charge >= 0.3 is 6.18 Å². The molecular formula is C15H24F3N3. The smallest absolute Gasteiger partial charge is 0.345 e. The lowest BCUT2D eigenvalue weighted by Gasteiger charge is -2.29. The number of alkyl halides is 3. The van der Waals surface area contributed by atoms with E-state index in [0.29, 0.717) is 18.4 Å². The van der Waals surface area contributed by atoms with Crippen molar-refractivity contribution in [2.45, 2.75) is 59.4 Å². The monoisotopic (exact) mass is 303 g/mol. The van der Waals surface area contributed by atoms with Crippen LogP contribution in [0.4, 0.5) is 19.0 Å². The number of rotatable bonds is 6. The Morgan fingerprint density at radius 3 is 2.29 bits per heavy atom. The normalized spacial score (nSPS) is 12.3. The summed E-state index contributed by atoms with van der Waals surface area (Å²) in [4.78, 5) is 5.55. The molecular weight excluding hydrogens is 279 g/mol. The summed E-state index contributed by atoms with van der Waals surface area (Å²) in [6.45, 7) is 8.96. The molecule has 0 fully saturated rings. The Hall–Kier alpha value is -1.30. The van der Waals surface area contributed by atoms with Gasteiger partial charge in [0.1, 0.15) is 12.4 Å². The number of aryl methyl sites for hydroxylation is 1. The third kappa shape index (κ3) is 6.33. The molecule has 0 aromatic carbocycles. The predicted octanol–water partition coefficient (Wildman–Crippen LogP) is 3.67. The minimum Gasteiger partial charge on any atom is -0.345 e. The van der Waals surface area contributed by atoms with Crippen LogP contribution in [0.3, 0.4) is 0 Å². The molecule has 0 radical (unpaired) electrons. The molecule has 0 atom stereocenters. The van der Waals surface area contributed by atoms with Crippen LogP contribution in [0, 0.1) is 6.92 Å². The van der Waals surface area contributed by atoms with Crippen molar-refractivity contribution in [1.82, 2.24) is 10.3 Å². The molecule has 0 saturated heterocycles. The van der Waals surface area contributed by atoms with Crippen molar-refractivity contribution in [3.8, 4) is 0 Å². The maximum atomic E-state index is 12.7. The van der Waals surface area contributed by atoms with Gasteiger partial charge in [-0.3, -0.25) is 0 Å². The lowest BCUT2D eigenvalue weighted by molar-refractivity contribution is -0.120. The largest absolute Gasteiger partial charge is 0.405 e. The van der Waals surface area contributed by atoms with E-state index < -0.39 is 12.7 Å². The molecule has 1 rings (SSSR count). The van der Waals surface area contributed by atoms with E-state index in [2.05, 4.69) is 10.3 Å². The number of nitrogens with one attached hydrogen (secondary N) is 1. The van der Waals surface area contributed by atoms with Gasteiger partial charge in [0.15, 0.2) is 0 Å². The highest BCUT2D eigenvalue weighted by Gasteiger charge is 2.32. The quantitative estimate of drug-likeness (QED) is 0.869. The van der Waals surface area contributed by atoms with Gasteiger partial charge in [0.05, 0.1) is 0 Å². The summed E-state index contributed by atoms with van der Waals surface area (Å²) in [6.07, 6.45) is -4.24. The van der Waals surface area contributed by atoms with E-state index in [1.165, 1.54) is 4.90 Å². The molecule has 120 valence electrons. The predicted molar refractivity (Wildman–Crippen MR) is 79.5 cm³/mol. The first kappa shape index (κ1) is 17.8. The van der Waals surface area contributed by atoms with Gasteiger partial charge in [-0.25, -0.2) is 4.98 Å². The standard InChI is InChI=1S/C15H24F3N3/c1-10(2)19-8-13-6-12(5)20-14(7-13)21(11(3)4)9-15(16,17)18/h6-7,10-11,19H,8-9H2,1-5H3. The third-order valence-electron chi connectivity index (χ3n) is 2.98. The van der Waals surface area contributed by atoms with E-state index in [0.717, 1.165) is 11.3 Å². The van der Waals surface area contributed by atoms with Gasteiger partial charge in [0.25, 0.3) is 0 Å². The number of halogens is 3. The van der Waals surface area contributed by atoms with Crippen LogP contribution >= 0.6 is 0 Å². The average Bonchev–Trinajstić information content (AvgIpc) is 2.31. The number of aromatic nitrogens is 1. The summed E-state index contributed by atoms with van der Waals surface area (Å²) in [5.74, 6) is 0.378. The Labute approximate surface area is 124 Å². The molecule has 0 saturated carbocycles. The molecule has 1 N–H and O–H groups in total. The van der Waals surface area contributed by atoms with Crippen molar-refractivity contribution in [3.05, 3.63) is 23.4 Å². The van der Waals surface area contributed by atoms with Crippen LogP contribution in [0.2, 0.25) is 0 Å². The lowest BCUT2D eigenvalue weighted by atomic mass is 10.2. The summed E-state index contributed by atoms with van der Waals surface area (Å²) < 4.78 is 38.2.